The molecule has 0 saturated carbocycles. The molecule has 0 aromatic rings. The topological polar surface area (TPSA) is 67.2 Å². The third-order valence-electron chi connectivity index (χ3n) is 1.89. The van der Waals surface area contributed by atoms with Crippen molar-refractivity contribution in [3.63, 3.8) is 0 Å². The summed E-state index contributed by atoms with van der Waals surface area (Å²) in [4.78, 5) is 10.7. The Morgan fingerprint density at radius 1 is 1.73 bits per heavy atom. The van der Waals surface area contributed by atoms with E-state index in [4.69, 9.17) is 5.73 Å². The molecule has 0 aromatic heterocycles. The number of hydrogen-bond donors (Lipinski definition) is 3. The Bertz CT molecular complexity index is 132. The van der Waals surface area contributed by atoms with Crippen molar-refractivity contribution in [2.24, 2.45) is 5.73 Å². The van der Waals surface area contributed by atoms with Crippen molar-refractivity contribution in [1.29, 1.82) is 0 Å². The highest BCUT2D eigenvalue weighted by Gasteiger charge is 2.13. The lowest BCUT2D eigenvalue weighted by molar-refractivity contribution is -0.119. The number of nitrogens with one attached hydrogen (secondary N) is 2. The maximum atomic E-state index is 10.7. The fourth-order valence-corrected chi connectivity index (χ4v) is 1.24. The smallest absolute Gasteiger partial charge is 0.233 e. The van der Waals surface area contributed by atoms with Gasteiger partial charge in [0.15, 0.2) is 0 Å². The van der Waals surface area contributed by atoms with Crippen molar-refractivity contribution in [2.75, 3.05) is 19.6 Å². The zero-order valence-corrected chi connectivity index (χ0v) is 6.60. The minimum atomic E-state index is -0.0706. The van der Waals surface area contributed by atoms with Gasteiger partial charge < -0.3 is 16.4 Å². The lowest BCUT2D eigenvalue weighted by atomic mass is 10.2. The Morgan fingerprint density at radius 3 is 3.09 bits per heavy atom. The maximum Gasteiger partial charge on any atom is 0.233 e. The highest BCUT2D eigenvalue weighted by atomic mass is 16.1. The monoisotopic (exact) mass is 157 g/mol. The number of amides is 1. The second-order valence-electron chi connectivity index (χ2n) is 2.80. The van der Waals surface area contributed by atoms with Crippen molar-refractivity contribution < 1.29 is 4.79 Å². The SMILES string of the molecule is NCC(=O)NC[C@@H]1CCCN1. The summed E-state index contributed by atoms with van der Waals surface area (Å²) in [6, 6.07) is 0.463. The minimum Gasteiger partial charge on any atom is -0.353 e. The molecule has 4 heteroatoms. The van der Waals surface area contributed by atoms with E-state index in [1.165, 1.54) is 6.42 Å². The molecule has 1 aliphatic heterocycles. The van der Waals surface area contributed by atoms with Crippen LogP contribution in [0.25, 0.3) is 0 Å². The second kappa shape index (κ2) is 4.31. The molecule has 1 atom stereocenters. The molecule has 0 unspecified atom stereocenters. The van der Waals surface area contributed by atoms with Gasteiger partial charge in [-0.05, 0) is 19.4 Å². The van der Waals surface area contributed by atoms with Gasteiger partial charge in [0.2, 0.25) is 5.91 Å². The Balaban J connectivity index is 2.06. The van der Waals surface area contributed by atoms with E-state index in [0.29, 0.717) is 6.04 Å². The Kier molecular flexibility index (Phi) is 3.32. The first-order valence-corrected chi connectivity index (χ1v) is 4.03. The van der Waals surface area contributed by atoms with Crippen molar-refractivity contribution in [3.05, 3.63) is 0 Å². The van der Waals surface area contributed by atoms with Gasteiger partial charge in [-0.25, -0.2) is 0 Å². The van der Waals surface area contributed by atoms with Gasteiger partial charge in [-0.2, -0.15) is 0 Å². The second-order valence-corrected chi connectivity index (χ2v) is 2.80. The molecule has 0 bridgehead atoms. The van der Waals surface area contributed by atoms with Crippen molar-refractivity contribution >= 4 is 5.91 Å². The number of carbonyl (C=O) groups excluding carboxylic acids is 1. The molecule has 1 saturated heterocycles. The summed E-state index contributed by atoms with van der Waals surface area (Å²) < 4.78 is 0. The Hall–Kier alpha value is -0.610. The molecular weight excluding hydrogens is 142 g/mol. The van der Waals surface area contributed by atoms with E-state index in [1.807, 2.05) is 0 Å². The van der Waals surface area contributed by atoms with Gasteiger partial charge in [0, 0.05) is 12.6 Å². The van der Waals surface area contributed by atoms with Crippen molar-refractivity contribution in [2.45, 2.75) is 18.9 Å². The molecule has 4 nitrogen and oxygen atoms in total. The molecule has 1 aliphatic rings. The average Bonchev–Trinajstić information content (AvgIpc) is 2.52. The van der Waals surface area contributed by atoms with Gasteiger partial charge in [-0.1, -0.05) is 0 Å². The summed E-state index contributed by atoms with van der Waals surface area (Å²) in [6.07, 6.45) is 2.37. The highest BCUT2D eigenvalue weighted by Crippen LogP contribution is 2.02. The van der Waals surface area contributed by atoms with Crippen LogP contribution >= 0.6 is 0 Å². The van der Waals surface area contributed by atoms with Crippen molar-refractivity contribution in [1.82, 2.24) is 10.6 Å². The van der Waals surface area contributed by atoms with Gasteiger partial charge in [-0.15, -0.1) is 0 Å². The molecule has 1 amide bonds. The standard InChI is InChI=1S/C7H15N3O/c8-4-7(11)10-5-6-2-1-3-9-6/h6,9H,1-5,8H2,(H,10,11)/t6-/m0/s1. The van der Waals surface area contributed by atoms with Crippen LogP contribution in [-0.4, -0.2) is 31.6 Å². The van der Waals surface area contributed by atoms with Gasteiger partial charge in [0.1, 0.15) is 0 Å². The molecule has 0 radical (unpaired) electrons. The molecule has 1 rings (SSSR count). The van der Waals surface area contributed by atoms with Crippen LogP contribution in [0.2, 0.25) is 0 Å². The van der Waals surface area contributed by atoms with E-state index in [2.05, 4.69) is 10.6 Å². The molecule has 64 valence electrons. The van der Waals surface area contributed by atoms with E-state index >= 15 is 0 Å². The summed E-state index contributed by atoms with van der Waals surface area (Å²) in [5.74, 6) is -0.0706. The van der Waals surface area contributed by atoms with E-state index in [-0.39, 0.29) is 12.5 Å². The lowest BCUT2D eigenvalue weighted by Crippen LogP contribution is -2.39. The number of hydrogen-bond acceptors (Lipinski definition) is 3. The third kappa shape index (κ3) is 2.86. The van der Waals surface area contributed by atoms with Crippen LogP contribution in [0.4, 0.5) is 0 Å². The summed E-state index contributed by atoms with van der Waals surface area (Å²) in [6.45, 7) is 1.88. The van der Waals surface area contributed by atoms with Crippen LogP contribution in [0.3, 0.4) is 0 Å². The summed E-state index contributed by atoms with van der Waals surface area (Å²) in [7, 11) is 0. The van der Waals surface area contributed by atoms with Crippen LogP contribution in [0.5, 0.6) is 0 Å². The first kappa shape index (κ1) is 8.49. The fourth-order valence-electron chi connectivity index (χ4n) is 1.24. The van der Waals surface area contributed by atoms with Gasteiger partial charge in [0.05, 0.1) is 6.54 Å². The van der Waals surface area contributed by atoms with Crippen LogP contribution in [-0.2, 0) is 4.79 Å². The fraction of sp³-hybridized carbons (Fsp3) is 0.857. The van der Waals surface area contributed by atoms with Crippen molar-refractivity contribution in [3.8, 4) is 0 Å². The van der Waals surface area contributed by atoms with E-state index < -0.39 is 0 Å². The molecule has 0 aliphatic carbocycles. The van der Waals surface area contributed by atoms with E-state index in [9.17, 15) is 4.79 Å². The maximum absolute atomic E-state index is 10.7. The zero-order chi connectivity index (χ0) is 8.10. The van der Waals surface area contributed by atoms with E-state index in [1.54, 1.807) is 0 Å². The Morgan fingerprint density at radius 2 is 2.55 bits per heavy atom. The van der Waals surface area contributed by atoms with Crippen LogP contribution in [0, 0.1) is 0 Å². The average molecular weight is 157 g/mol. The molecule has 0 spiro atoms. The number of nitrogens with two attached hydrogens (primary N) is 1. The van der Waals surface area contributed by atoms with Crippen LogP contribution in [0.15, 0.2) is 0 Å². The normalized spacial score (nSPS) is 23.5. The molecule has 11 heavy (non-hydrogen) atoms. The first-order valence-electron chi connectivity index (χ1n) is 4.03. The van der Waals surface area contributed by atoms with Crippen LogP contribution in [0.1, 0.15) is 12.8 Å². The molecular formula is C7H15N3O. The summed E-state index contributed by atoms with van der Waals surface area (Å²) in [5, 5.41) is 6.03. The highest BCUT2D eigenvalue weighted by molar-refractivity contribution is 5.77. The van der Waals surface area contributed by atoms with Crippen LogP contribution < -0.4 is 16.4 Å². The van der Waals surface area contributed by atoms with E-state index in [0.717, 1.165) is 19.5 Å². The Labute approximate surface area is 66.5 Å². The summed E-state index contributed by atoms with van der Waals surface area (Å²) >= 11 is 0. The van der Waals surface area contributed by atoms with Gasteiger partial charge >= 0.3 is 0 Å². The van der Waals surface area contributed by atoms with Gasteiger partial charge in [-0.3, -0.25) is 4.79 Å². The quantitative estimate of drug-likeness (QED) is 0.483. The minimum absolute atomic E-state index is 0.0706. The predicted octanol–water partition coefficient (Wildman–Crippen LogP) is -1.19. The zero-order valence-electron chi connectivity index (χ0n) is 6.60. The first-order chi connectivity index (χ1) is 5.33. The number of carbonyl (C=O) groups is 1. The lowest BCUT2D eigenvalue weighted by Gasteiger charge is -2.10. The molecule has 0 aromatic carbocycles. The largest absolute Gasteiger partial charge is 0.353 e. The molecule has 4 N–H and O–H groups in total. The number of rotatable bonds is 3. The third-order valence-corrected chi connectivity index (χ3v) is 1.89. The van der Waals surface area contributed by atoms with Gasteiger partial charge in [0.25, 0.3) is 0 Å². The molecule has 1 heterocycles. The predicted molar refractivity (Wildman–Crippen MR) is 43.1 cm³/mol. The molecule has 1 fully saturated rings. The summed E-state index contributed by atoms with van der Waals surface area (Å²) in [5.41, 5.74) is 5.12.